The first-order chi connectivity index (χ1) is 13.1. The molecule has 0 saturated carbocycles. The third-order valence-electron chi connectivity index (χ3n) is 4.97. The molecule has 2 amide bonds. The van der Waals surface area contributed by atoms with Gasteiger partial charge in [0.1, 0.15) is 11.6 Å². The number of carbonyl (C=O) groups excluding carboxylic acids is 1. The number of benzene rings is 2. The number of imidazole rings is 1. The Hall–Kier alpha value is -2.73. The molecule has 27 heavy (non-hydrogen) atoms. The number of ether oxygens (including phenoxy) is 1. The van der Waals surface area contributed by atoms with Gasteiger partial charge in [-0.2, -0.15) is 0 Å². The number of likely N-dealkylation sites (tertiary alicyclic amines) is 1. The van der Waals surface area contributed by atoms with Gasteiger partial charge in [-0.15, -0.1) is 0 Å². The minimum atomic E-state index is -0.0741. The average Bonchev–Trinajstić information content (AvgIpc) is 3.12. The standard InChI is InChI=1S/C20H21ClN4O2/c1-27-16-5-3-15(4-6-16)22-20(26)25-10-8-13(9-11-25)19-23-17-7-2-14(21)12-18(17)24-19/h2-7,12-13H,8-11H2,1H3,(H,22,26)(H,23,24). The molecule has 2 aromatic carbocycles. The molecule has 1 aromatic heterocycles. The van der Waals surface area contributed by atoms with Gasteiger partial charge < -0.3 is 19.9 Å². The van der Waals surface area contributed by atoms with Gasteiger partial charge in [0, 0.05) is 29.7 Å². The predicted octanol–water partition coefficient (Wildman–Crippen LogP) is 4.64. The summed E-state index contributed by atoms with van der Waals surface area (Å²) >= 11 is 6.05. The number of amides is 2. The lowest BCUT2D eigenvalue weighted by molar-refractivity contribution is 0.193. The molecule has 140 valence electrons. The van der Waals surface area contributed by atoms with Gasteiger partial charge in [0.15, 0.2) is 0 Å². The van der Waals surface area contributed by atoms with Crippen LogP contribution in [0.2, 0.25) is 5.02 Å². The Kier molecular flexibility index (Phi) is 4.90. The first-order valence-electron chi connectivity index (χ1n) is 8.97. The maximum atomic E-state index is 12.5. The highest BCUT2D eigenvalue weighted by Crippen LogP contribution is 2.29. The molecule has 0 unspecified atom stereocenters. The maximum Gasteiger partial charge on any atom is 0.321 e. The molecular weight excluding hydrogens is 364 g/mol. The normalized spacial score (nSPS) is 15.1. The van der Waals surface area contributed by atoms with E-state index in [1.54, 1.807) is 7.11 Å². The van der Waals surface area contributed by atoms with Crippen LogP contribution in [0.1, 0.15) is 24.6 Å². The Morgan fingerprint density at radius 3 is 2.67 bits per heavy atom. The molecule has 4 rings (SSSR count). The number of hydrogen-bond acceptors (Lipinski definition) is 3. The molecule has 7 heteroatoms. The number of aromatic nitrogens is 2. The predicted molar refractivity (Wildman–Crippen MR) is 107 cm³/mol. The number of carbonyl (C=O) groups is 1. The molecule has 1 aliphatic rings. The van der Waals surface area contributed by atoms with Crippen molar-refractivity contribution in [2.24, 2.45) is 0 Å². The lowest BCUT2D eigenvalue weighted by Gasteiger charge is -2.31. The van der Waals surface area contributed by atoms with E-state index < -0.39 is 0 Å². The number of H-pyrrole nitrogens is 1. The van der Waals surface area contributed by atoms with Crippen molar-refractivity contribution in [1.82, 2.24) is 14.9 Å². The van der Waals surface area contributed by atoms with Crippen molar-refractivity contribution in [2.75, 3.05) is 25.5 Å². The van der Waals surface area contributed by atoms with Crippen molar-refractivity contribution in [2.45, 2.75) is 18.8 Å². The van der Waals surface area contributed by atoms with Gasteiger partial charge in [-0.05, 0) is 55.3 Å². The summed E-state index contributed by atoms with van der Waals surface area (Å²) in [7, 11) is 1.62. The monoisotopic (exact) mass is 384 g/mol. The maximum absolute atomic E-state index is 12.5. The second-order valence-electron chi connectivity index (χ2n) is 6.70. The summed E-state index contributed by atoms with van der Waals surface area (Å²) in [6.45, 7) is 1.40. The fourth-order valence-electron chi connectivity index (χ4n) is 3.43. The summed E-state index contributed by atoms with van der Waals surface area (Å²) in [4.78, 5) is 22.4. The van der Waals surface area contributed by atoms with Gasteiger partial charge in [0.2, 0.25) is 0 Å². The molecule has 1 fully saturated rings. The number of aromatic amines is 1. The summed E-state index contributed by atoms with van der Waals surface area (Å²) in [5.74, 6) is 2.06. The molecular formula is C20H21ClN4O2. The van der Waals surface area contributed by atoms with Gasteiger partial charge in [-0.3, -0.25) is 0 Å². The van der Waals surface area contributed by atoms with Crippen molar-refractivity contribution in [3.63, 3.8) is 0 Å². The van der Waals surface area contributed by atoms with Crippen LogP contribution in [-0.4, -0.2) is 41.1 Å². The zero-order chi connectivity index (χ0) is 18.8. The Balaban J connectivity index is 1.36. The summed E-state index contributed by atoms with van der Waals surface area (Å²) in [5.41, 5.74) is 2.64. The highest BCUT2D eigenvalue weighted by molar-refractivity contribution is 6.31. The fraction of sp³-hybridized carbons (Fsp3) is 0.300. The van der Waals surface area contributed by atoms with E-state index in [4.69, 9.17) is 16.3 Å². The van der Waals surface area contributed by atoms with Crippen LogP contribution in [-0.2, 0) is 0 Å². The van der Waals surface area contributed by atoms with Gasteiger partial charge in [-0.1, -0.05) is 11.6 Å². The molecule has 0 radical (unpaired) electrons. The molecule has 0 spiro atoms. The van der Waals surface area contributed by atoms with Crippen molar-refractivity contribution < 1.29 is 9.53 Å². The number of methoxy groups -OCH3 is 1. The molecule has 0 atom stereocenters. The van der Waals surface area contributed by atoms with Crippen molar-refractivity contribution in [3.05, 3.63) is 53.3 Å². The number of halogens is 1. The van der Waals surface area contributed by atoms with Crippen LogP contribution in [0.4, 0.5) is 10.5 Å². The molecule has 2 heterocycles. The summed E-state index contributed by atoms with van der Waals surface area (Å²) in [6, 6.07) is 12.9. The number of rotatable bonds is 3. The average molecular weight is 385 g/mol. The van der Waals surface area contributed by atoms with Gasteiger partial charge in [0.05, 0.1) is 18.1 Å². The lowest BCUT2D eigenvalue weighted by Crippen LogP contribution is -2.40. The summed E-state index contributed by atoms with van der Waals surface area (Å²) in [6.07, 6.45) is 1.76. The third-order valence-corrected chi connectivity index (χ3v) is 5.21. The molecule has 1 saturated heterocycles. The number of piperidine rings is 1. The van der Waals surface area contributed by atoms with E-state index >= 15 is 0 Å². The van der Waals surface area contributed by atoms with Crippen LogP contribution in [0.5, 0.6) is 5.75 Å². The van der Waals surface area contributed by atoms with Crippen LogP contribution in [0, 0.1) is 0 Å². The highest BCUT2D eigenvalue weighted by atomic mass is 35.5. The van der Waals surface area contributed by atoms with E-state index in [0.29, 0.717) is 24.0 Å². The molecule has 0 bridgehead atoms. The van der Waals surface area contributed by atoms with Crippen LogP contribution in [0.25, 0.3) is 11.0 Å². The van der Waals surface area contributed by atoms with E-state index in [9.17, 15) is 4.79 Å². The minimum Gasteiger partial charge on any atom is -0.497 e. The van der Waals surface area contributed by atoms with E-state index in [2.05, 4.69) is 15.3 Å². The highest BCUT2D eigenvalue weighted by Gasteiger charge is 2.25. The van der Waals surface area contributed by atoms with Crippen LogP contribution in [0.3, 0.4) is 0 Å². The number of nitrogens with one attached hydrogen (secondary N) is 2. The molecule has 0 aliphatic carbocycles. The lowest BCUT2D eigenvalue weighted by atomic mass is 9.96. The van der Waals surface area contributed by atoms with E-state index in [1.807, 2.05) is 47.4 Å². The van der Waals surface area contributed by atoms with E-state index in [0.717, 1.165) is 41.1 Å². The number of nitrogens with zero attached hydrogens (tertiary/aromatic N) is 2. The van der Waals surface area contributed by atoms with Gasteiger partial charge in [0.25, 0.3) is 0 Å². The van der Waals surface area contributed by atoms with Gasteiger partial charge >= 0.3 is 6.03 Å². The molecule has 6 nitrogen and oxygen atoms in total. The van der Waals surface area contributed by atoms with Crippen molar-refractivity contribution in [1.29, 1.82) is 0 Å². The quantitative estimate of drug-likeness (QED) is 0.691. The first kappa shape index (κ1) is 17.7. The Morgan fingerprint density at radius 1 is 1.22 bits per heavy atom. The number of anilines is 1. The van der Waals surface area contributed by atoms with E-state index in [1.165, 1.54) is 0 Å². The Morgan fingerprint density at radius 2 is 1.96 bits per heavy atom. The Bertz CT molecular complexity index is 946. The Labute approximate surface area is 162 Å². The fourth-order valence-corrected chi connectivity index (χ4v) is 3.60. The first-order valence-corrected chi connectivity index (χ1v) is 9.35. The van der Waals surface area contributed by atoms with Crippen molar-refractivity contribution in [3.8, 4) is 5.75 Å². The smallest absolute Gasteiger partial charge is 0.321 e. The van der Waals surface area contributed by atoms with Crippen LogP contribution in [0.15, 0.2) is 42.5 Å². The second kappa shape index (κ2) is 7.48. The second-order valence-corrected chi connectivity index (χ2v) is 7.14. The van der Waals surface area contributed by atoms with Gasteiger partial charge in [-0.25, -0.2) is 9.78 Å². The topological polar surface area (TPSA) is 70.2 Å². The molecule has 2 N–H and O–H groups in total. The number of urea groups is 1. The number of hydrogen-bond donors (Lipinski definition) is 2. The zero-order valence-electron chi connectivity index (χ0n) is 15.0. The van der Waals surface area contributed by atoms with E-state index in [-0.39, 0.29) is 6.03 Å². The molecule has 3 aromatic rings. The van der Waals surface area contributed by atoms with Crippen LogP contribution < -0.4 is 10.1 Å². The summed E-state index contributed by atoms with van der Waals surface area (Å²) in [5, 5.41) is 3.64. The van der Waals surface area contributed by atoms with Crippen LogP contribution >= 0.6 is 11.6 Å². The SMILES string of the molecule is COc1ccc(NC(=O)N2CCC(c3nc4ccc(Cl)cc4[nH]3)CC2)cc1. The largest absolute Gasteiger partial charge is 0.497 e. The zero-order valence-corrected chi connectivity index (χ0v) is 15.8. The van der Waals surface area contributed by atoms with Crippen molar-refractivity contribution >= 4 is 34.4 Å². The number of fused-ring (bicyclic) bond motifs is 1. The summed E-state index contributed by atoms with van der Waals surface area (Å²) < 4.78 is 5.13. The minimum absolute atomic E-state index is 0.0741. The third kappa shape index (κ3) is 3.85. The molecule has 1 aliphatic heterocycles.